The van der Waals surface area contributed by atoms with Gasteiger partial charge in [0.1, 0.15) is 0 Å². The van der Waals surface area contributed by atoms with E-state index in [0.29, 0.717) is 11.1 Å². The van der Waals surface area contributed by atoms with Crippen molar-refractivity contribution >= 4 is 21.8 Å². The van der Waals surface area contributed by atoms with Crippen molar-refractivity contribution < 1.29 is 18.0 Å². The lowest BCUT2D eigenvalue weighted by atomic mass is 10.1. The van der Waals surface area contributed by atoms with Gasteiger partial charge < -0.3 is 10.2 Å². The van der Waals surface area contributed by atoms with Gasteiger partial charge in [-0.3, -0.25) is 9.59 Å². The molecule has 0 spiro atoms. The molecule has 2 rings (SSSR count). The maximum atomic E-state index is 12.3. The van der Waals surface area contributed by atoms with Crippen LogP contribution in [0.3, 0.4) is 0 Å². The molecule has 0 atom stereocenters. The van der Waals surface area contributed by atoms with Gasteiger partial charge in [0.2, 0.25) is 10.0 Å². The largest absolute Gasteiger partial charge is 0.348 e. The van der Waals surface area contributed by atoms with Crippen LogP contribution in [-0.4, -0.2) is 45.8 Å². The zero-order valence-electron chi connectivity index (χ0n) is 15.8. The maximum absolute atomic E-state index is 12.3. The summed E-state index contributed by atoms with van der Waals surface area (Å²) in [5.41, 5.74) is 1.76. The third-order valence-corrected chi connectivity index (χ3v) is 5.34. The summed E-state index contributed by atoms with van der Waals surface area (Å²) >= 11 is 0. The Hall–Kier alpha value is -2.97. The quantitative estimate of drug-likeness (QED) is 0.659. The van der Waals surface area contributed by atoms with Gasteiger partial charge in [0.05, 0.1) is 4.90 Å². The van der Waals surface area contributed by atoms with E-state index in [2.05, 4.69) is 16.6 Å². The van der Waals surface area contributed by atoms with Crippen molar-refractivity contribution in [3.05, 3.63) is 77.9 Å². The van der Waals surface area contributed by atoms with Crippen LogP contribution in [0.2, 0.25) is 0 Å². The fourth-order valence-electron chi connectivity index (χ4n) is 2.35. The van der Waals surface area contributed by atoms with Crippen LogP contribution in [0.4, 0.5) is 0 Å². The Bertz CT molecular complexity index is 950. The van der Waals surface area contributed by atoms with Gasteiger partial charge in [-0.1, -0.05) is 18.2 Å². The lowest BCUT2D eigenvalue weighted by Crippen LogP contribution is -2.25. The van der Waals surface area contributed by atoms with Gasteiger partial charge >= 0.3 is 0 Å². The Morgan fingerprint density at radius 1 is 1.00 bits per heavy atom. The predicted molar refractivity (Wildman–Crippen MR) is 107 cm³/mol. The van der Waals surface area contributed by atoms with Gasteiger partial charge in [-0.05, 0) is 42.0 Å². The van der Waals surface area contributed by atoms with Gasteiger partial charge in [0.25, 0.3) is 11.8 Å². The highest BCUT2D eigenvalue weighted by atomic mass is 32.2. The van der Waals surface area contributed by atoms with E-state index in [4.69, 9.17) is 0 Å². The third-order valence-electron chi connectivity index (χ3n) is 3.90. The van der Waals surface area contributed by atoms with E-state index in [-0.39, 0.29) is 29.8 Å². The summed E-state index contributed by atoms with van der Waals surface area (Å²) in [7, 11) is -0.255. The summed E-state index contributed by atoms with van der Waals surface area (Å²) in [5, 5.41) is 2.77. The molecule has 2 amide bonds. The summed E-state index contributed by atoms with van der Waals surface area (Å²) in [4.78, 5) is 25.7. The van der Waals surface area contributed by atoms with E-state index in [1.807, 2.05) is 0 Å². The summed E-state index contributed by atoms with van der Waals surface area (Å²) in [6.45, 7) is 3.88. The van der Waals surface area contributed by atoms with Crippen LogP contribution in [0, 0.1) is 0 Å². The number of carbonyl (C=O) groups excluding carboxylic acids is 2. The molecule has 0 fully saturated rings. The fraction of sp³-hybridized carbons (Fsp3) is 0.200. The first-order valence-electron chi connectivity index (χ1n) is 8.54. The van der Waals surface area contributed by atoms with Crippen LogP contribution in [0.15, 0.2) is 66.1 Å². The third kappa shape index (κ3) is 5.51. The highest BCUT2D eigenvalue weighted by Gasteiger charge is 2.14. The monoisotopic (exact) mass is 401 g/mol. The summed E-state index contributed by atoms with van der Waals surface area (Å²) < 4.78 is 26.4. The highest BCUT2D eigenvalue weighted by Crippen LogP contribution is 2.11. The summed E-state index contributed by atoms with van der Waals surface area (Å²) in [5.74, 6) is -0.412. The van der Waals surface area contributed by atoms with Crippen molar-refractivity contribution in [2.24, 2.45) is 0 Å². The number of hydrogen-bond donors (Lipinski definition) is 2. The molecule has 0 unspecified atom stereocenters. The van der Waals surface area contributed by atoms with Gasteiger partial charge in [-0.25, -0.2) is 13.1 Å². The van der Waals surface area contributed by atoms with Crippen molar-refractivity contribution in [1.29, 1.82) is 0 Å². The second kappa shape index (κ2) is 9.29. The molecule has 2 N–H and O–H groups in total. The molecule has 0 aliphatic rings. The van der Waals surface area contributed by atoms with Crippen molar-refractivity contribution in [3.63, 3.8) is 0 Å². The number of hydrogen-bond acceptors (Lipinski definition) is 4. The van der Waals surface area contributed by atoms with Gasteiger partial charge in [0.15, 0.2) is 0 Å². The molecular formula is C20H23N3O4S. The highest BCUT2D eigenvalue weighted by molar-refractivity contribution is 7.89. The molecule has 2 aromatic rings. The Balaban J connectivity index is 1.98. The molecule has 8 heteroatoms. The van der Waals surface area contributed by atoms with Crippen molar-refractivity contribution in [2.75, 3.05) is 20.6 Å². The van der Waals surface area contributed by atoms with Crippen LogP contribution in [0.5, 0.6) is 0 Å². The number of sulfonamides is 1. The summed E-state index contributed by atoms with van der Waals surface area (Å²) in [6, 6.07) is 12.6. The average Bonchev–Trinajstić information content (AvgIpc) is 2.70. The minimum absolute atomic E-state index is 0.0760. The van der Waals surface area contributed by atoms with E-state index < -0.39 is 10.0 Å². The average molecular weight is 401 g/mol. The van der Waals surface area contributed by atoms with Crippen LogP contribution in [0.1, 0.15) is 26.3 Å². The molecule has 0 bridgehead atoms. The number of benzene rings is 2. The maximum Gasteiger partial charge on any atom is 0.253 e. The molecule has 0 saturated heterocycles. The van der Waals surface area contributed by atoms with Gasteiger partial charge in [-0.2, -0.15) is 0 Å². The second-order valence-corrected chi connectivity index (χ2v) is 8.01. The zero-order valence-corrected chi connectivity index (χ0v) is 16.6. The molecule has 0 radical (unpaired) electrons. The molecule has 7 nitrogen and oxygen atoms in total. The van der Waals surface area contributed by atoms with E-state index >= 15 is 0 Å². The molecule has 2 aromatic carbocycles. The van der Waals surface area contributed by atoms with Crippen LogP contribution in [-0.2, 0) is 16.6 Å². The standard InChI is InChI=1S/C20H23N3O4S/c1-4-13-22-28(26,27)18-11-9-16(10-12-18)19(24)21-14-15-5-7-17(8-6-15)20(25)23(2)3/h4-12,22H,1,13-14H2,2-3H3,(H,21,24). The van der Waals surface area contributed by atoms with E-state index in [1.54, 1.807) is 38.4 Å². The second-order valence-electron chi connectivity index (χ2n) is 6.24. The van der Waals surface area contributed by atoms with Crippen LogP contribution in [0.25, 0.3) is 0 Å². The topological polar surface area (TPSA) is 95.6 Å². The number of nitrogens with one attached hydrogen (secondary N) is 2. The van der Waals surface area contributed by atoms with E-state index in [1.165, 1.54) is 35.2 Å². The summed E-state index contributed by atoms with van der Waals surface area (Å²) in [6.07, 6.45) is 1.45. The normalized spacial score (nSPS) is 10.9. The number of nitrogens with zero attached hydrogens (tertiary/aromatic N) is 1. The minimum Gasteiger partial charge on any atom is -0.348 e. The first kappa shape index (κ1) is 21.3. The molecule has 0 aliphatic heterocycles. The minimum atomic E-state index is -3.62. The number of rotatable bonds is 8. The SMILES string of the molecule is C=CCNS(=O)(=O)c1ccc(C(=O)NCc2ccc(C(=O)N(C)C)cc2)cc1. The predicted octanol–water partition coefficient (Wildman–Crippen LogP) is 1.78. The number of amides is 2. The van der Waals surface area contributed by atoms with Crippen molar-refractivity contribution in [3.8, 4) is 0 Å². The van der Waals surface area contributed by atoms with E-state index in [0.717, 1.165) is 5.56 Å². The Kier molecular flexibility index (Phi) is 7.08. The van der Waals surface area contributed by atoms with E-state index in [9.17, 15) is 18.0 Å². The molecule has 28 heavy (non-hydrogen) atoms. The molecule has 0 heterocycles. The lowest BCUT2D eigenvalue weighted by molar-refractivity contribution is 0.0827. The fourth-order valence-corrected chi connectivity index (χ4v) is 3.34. The molecule has 148 valence electrons. The molecular weight excluding hydrogens is 378 g/mol. The Morgan fingerprint density at radius 2 is 1.57 bits per heavy atom. The van der Waals surface area contributed by atoms with Crippen molar-refractivity contribution in [1.82, 2.24) is 14.9 Å². The van der Waals surface area contributed by atoms with Crippen LogP contribution >= 0.6 is 0 Å². The molecule has 0 aromatic heterocycles. The van der Waals surface area contributed by atoms with Gasteiger partial charge in [-0.15, -0.1) is 6.58 Å². The lowest BCUT2D eigenvalue weighted by Gasteiger charge is -2.11. The van der Waals surface area contributed by atoms with Gasteiger partial charge in [0, 0.05) is 38.3 Å². The Labute approximate surface area is 165 Å². The molecule has 0 aliphatic carbocycles. The van der Waals surface area contributed by atoms with Crippen molar-refractivity contribution in [2.45, 2.75) is 11.4 Å². The molecule has 0 saturated carbocycles. The van der Waals surface area contributed by atoms with Crippen LogP contribution < -0.4 is 10.0 Å². The first-order chi connectivity index (χ1) is 13.2. The smallest absolute Gasteiger partial charge is 0.253 e. The zero-order chi connectivity index (χ0) is 20.7. The number of carbonyl (C=O) groups is 2. The first-order valence-corrected chi connectivity index (χ1v) is 10.0. The Morgan fingerprint density at radius 3 is 2.11 bits per heavy atom.